The van der Waals surface area contributed by atoms with Gasteiger partial charge >= 0.3 is 5.97 Å². The van der Waals surface area contributed by atoms with Gasteiger partial charge in [-0.3, -0.25) is 9.59 Å². The zero-order chi connectivity index (χ0) is 14.5. The zero-order valence-corrected chi connectivity index (χ0v) is 13.8. The summed E-state index contributed by atoms with van der Waals surface area (Å²) in [6.07, 6.45) is 0.119. The van der Waals surface area contributed by atoms with Gasteiger partial charge < -0.3 is 10.1 Å². The number of amides is 1. The van der Waals surface area contributed by atoms with E-state index >= 15 is 0 Å². The summed E-state index contributed by atoms with van der Waals surface area (Å²) in [4.78, 5) is 24.6. The van der Waals surface area contributed by atoms with E-state index in [4.69, 9.17) is 0 Å². The quantitative estimate of drug-likeness (QED) is 0.814. The molecule has 1 atom stereocenters. The molecule has 0 aliphatic heterocycles. The Balaban J connectivity index is 2.11. The van der Waals surface area contributed by atoms with Crippen LogP contribution in [0.3, 0.4) is 0 Å². The Morgan fingerprint density at radius 3 is 2.80 bits per heavy atom. The maximum absolute atomic E-state index is 12.2. The highest BCUT2D eigenvalue weighted by atomic mass is 79.9. The molecule has 0 saturated carbocycles. The largest absolute Gasteiger partial charge is 0.469 e. The van der Waals surface area contributed by atoms with Crippen molar-refractivity contribution in [3.63, 3.8) is 0 Å². The van der Waals surface area contributed by atoms with Crippen LogP contribution in [0.15, 0.2) is 32.7 Å². The summed E-state index contributed by atoms with van der Waals surface area (Å²) in [6, 6.07) is 5.16. The SMILES string of the molecule is COC(=O)CC(NC(=O)c1csc(Br)c1)c1cccs1. The Morgan fingerprint density at radius 1 is 1.45 bits per heavy atom. The van der Waals surface area contributed by atoms with Gasteiger partial charge in [-0.05, 0) is 33.4 Å². The van der Waals surface area contributed by atoms with E-state index in [1.807, 2.05) is 17.5 Å². The van der Waals surface area contributed by atoms with Crippen LogP contribution in [-0.2, 0) is 9.53 Å². The molecule has 2 aromatic heterocycles. The molecule has 0 aliphatic rings. The minimum Gasteiger partial charge on any atom is -0.469 e. The van der Waals surface area contributed by atoms with Crippen molar-refractivity contribution < 1.29 is 14.3 Å². The fraction of sp³-hybridized carbons (Fsp3) is 0.231. The van der Waals surface area contributed by atoms with Gasteiger partial charge in [0.25, 0.3) is 5.91 Å². The molecule has 4 nitrogen and oxygen atoms in total. The monoisotopic (exact) mass is 373 g/mol. The Labute approximate surface area is 132 Å². The minimum absolute atomic E-state index is 0.119. The lowest BCUT2D eigenvalue weighted by atomic mass is 10.1. The maximum atomic E-state index is 12.2. The topological polar surface area (TPSA) is 55.4 Å². The van der Waals surface area contributed by atoms with E-state index in [1.54, 1.807) is 11.4 Å². The Kier molecular flexibility index (Phi) is 5.33. The van der Waals surface area contributed by atoms with Crippen molar-refractivity contribution in [2.75, 3.05) is 7.11 Å². The molecule has 0 saturated heterocycles. The minimum atomic E-state index is -0.367. The zero-order valence-electron chi connectivity index (χ0n) is 10.6. The number of rotatable bonds is 5. The predicted molar refractivity (Wildman–Crippen MR) is 83.2 cm³/mol. The van der Waals surface area contributed by atoms with Gasteiger partial charge in [0.05, 0.1) is 28.9 Å². The molecule has 2 aromatic rings. The molecule has 2 rings (SSSR count). The number of carbonyl (C=O) groups is 2. The first-order valence-electron chi connectivity index (χ1n) is 5.75. The van der Waals surface area contributed by atoms with Crippen molar-refractivity contribution in [1.29, 1.82) is 0 Å². The van der Waals surface area contributed by atoms with Crippen molar-refractivity contribution in [2.45, 2.75) is 12.5 Å². The highest BCUT2D eigenvalue weighted by Gasteiger charge is 2.21. The first-order valence-corrected chi connectivity index (χ1v) is 8.30. The number of carbonyl (C=O) groups excluding carboxylic acids is 2. The van der Waals surface area contributed by atoms with Gasteiger partial charge in [-0.2, -0.15) is 0 Å². The first-order chi connectivity index (χ1) is 9.60. The molecule has 0 fully saturated rings. The summed E-state index contributed by atoms with van der Waals surface area (Å²) in [7, 11) is 1.34. The normalized spacial score (nSPS) is 11.9. The molecule has 1 N–H and O–H groups in total. The smallest absolute Gasteiger partial charge is 0.307 e. The van der Waals surface area contributed by atoms with Crippen LogP contribution in [0.25, 0.3) is 0 Å². The van der Waals surface area contributed by atoms with Crippen LogP contribution in [0.5, 0.6) is 0 Å². The third-order valence-electron chi connectivity index (χ3n) is 2.62. The number of methoxy groups -OCH3 is 1. The molecule has 106 valence electrons. The van der Waals surface area contributed by atoms with Crippen molar-refractivity contribution in [2.24, 2.45) is 0 Å². The standard InChI is InChI=1S/C13H12BrNO3S2/c1-18-12(16)6-9(10-3-2-4-19-10)15-13(17)8-5-11(14)20-7-8/h2-5,7,9H,6H2,1H3,(H,15,17). The molecule has 0 aliphatic carbocycles. The number of halogens is 1. The van der Waals surface area contributed by atoms with E-state index in [2.05, 4.69) is 26.0 Å². The number of thiophene rings is 2. The number of hydrogen-bond acceptors (Lipinski definition) is 5. The number of ether oxygens (including phenoxy) is 1. The molecule has 0 aromatic carbocycles. The van der Waals surface area contributed by atoms with E-state index < -0.39 is 0 Å². The lowest BCUT2D eigenvalue weighted by molar-refractivity contribution is -0.141. The van der Waals surface area contributed by atoms with Crippen molar-refractivity contribution in [3.8, 4) is 0 Å². The van der Waals surface area contributed by atoms with Gasteiger partial charge in [-0.1, -0.05) is 6.07 Å². The van der Waals surface area contributed by atoms with Crippen molar-refractivity contribution >= 4 is 50.5 Å². The molecule has 0 bridgehead atoms. The fourth-order valence-electron chi connectivity index (χ4n) is 1.63. The average molecular weight is 374 g/mol. The molecule has 0 spiro atoms. The number of hydrogen-bond donors (Lipinski definition) is 1. The Bertz CT molecular complexity index is 595. The van der Waals surface area contributed by atoms with Gasteiger partial charge in [0.1, 0.15) is 0 Å². The van der Waals surface area contributed by atoms with E-state index in [-0.39, 0.29) is 24.3 Å². The van der Waals surface area contributed by atoms with Gasteiger partial charge in [0.15, 0.2) is 0 Å². The molecule has 7 heteroatoms. The van der Waals surface area contributed by atoms with E-state index in [9.17, 15) is 9.59 Å². The van der Waals surface area contributed by atoms with Gasteiger partial charge in [-0.25, -0.2) is 0 Å². The summed E-state index contributed by atoms with van der Waals surface area (Å²) >= 11 is 6.26. The second kappa shape index (κ2) is 7.01. The lowest BCUT2D eigenvalue weighted by Crippen LogP contribution is -2.29. The third kappa shape index (κ3) is 3.91. The predicted octanol–water partition coefficient (Wildman–Crippen LogP) is 3.61. The average Bonchev–Trinajstić information content (AvgIpc) is 3.08. The first kappa shape index (κ1) is 15.2. The summed E-state index contributed by atoms with van der Waals surface area (Å²) in [5.41, 5.74) is 0.577. The molecule has 0 radical (unpaired) electrons. The molecule has 20 heavy (non-hydrogen) atoms. The maximum Gasteiger partial charge on any atom is 0.307 e. The summed E-state index contributed by atoms with van der Waals surface area (Å²) in [5.74, 6) is -0.551. The van der Waals surface area contributed by atoms with E-state index in [0.29, 0.717) is 5.56 Å². The summed E-state index contributed by atoms with van der Waals surface area (Å²) in [5, 5.41) is 6.55. The number of nitrogens with one attached hydrogen (secondary N) is 1. The van der Waals surface area contributed by atoms with Crippen molar-refractivity contribution in [1.82, 2.24) is 5.32 Å². The van der Waals surface area contributed by atoms with E-state index in [1.165, 1.54) is 29.8 Å². The molecular weight excluding hydrogens is 362 g/mol. The number of esters is 1. The molecule has 1 amide bonds. The molecule has 1 unspecified atom stereocenters. The van der Waals surface area contributed by atoms with Crippen LogP contribution in [0.1, 0.15) is 27.7 Å². The van der Waals surface area contributed by atoms with Crippen LogP contribution in [0, 0.1) is 0 Å². The van der Waals surface area contributed by atoms with E-state index in [0.717, 1.165) is 8.66 Å². The van der Waals surface area contributed by atoms with Crippen LogP contribution in [-0.4, -0.2) is 19.0 Å². The van der Waals surface area contributed by atoms with Crippen LogP contribution >= 0.6 is 38.6 Å². The summed E-state index contributed by atoms with van der Waals surface area (Å²) in [6.45, 7) is 0. The highest BCUT2D eigenvalue weighted by molar-refractivity contribution is 9.11. The lowest BCUT2D eigenvalue weighted by Gasteiger charge is -2.15. The van der Waals surface area contributed by atoms with Crippen LogP contribution in [0.2, 0.25) is 0 Å². The highest BCUT2D eigenvalue weighted by Crippen LogP contribution is 2.25. The second-order valence-corrected chi connectivity index (χ2v) is 7.23. The Morgan fingerprint density at radius 2 is 2.25 bits per heavy atom. The summed E-state index contributed by atoms with van der Waals surface area (Å²) < 4.78 is 5.57. The van der Waals surface area contributed by atoms with Gasteiger partial charge in [-0.15, -0.1) is 22.7 Å². The van der Waals surface area contributed by atoms with Crippen molar-refractivity contribution in [3.05, 3.63) is 43.2 Å². The van der Waals surface area contributed by atoms with Gasteiger partial charge in [0, 0.05) is 10.3 Å². The van der Waals surface area contributed by atoms with Gasteiger partial charge in [0.2, 0.25) is 0 Å². The van der Waals surface area contributed by atoms with Crippen LogP contribution < -0.4 is 5.32 Å². The fourth-order valence-corrected chi connectivity index (χ4v) is 3.55. The van der Waals surface area contributed by atoms with Crippen LogP contribution in [0.4, 0.5) is 0 Å². The second-order valence-electron chi connectivity index (χ2n) is 3.96. The Hall–Kier alpha value is -1.18. The third-order valence-corrected chi connectivity index (χ3v) is 5.11. The molecular formula is C13H12BrNO3S2. The molecule has 2 heterocycles.